The van der Waals surface area contributed by atoms with E-state index in [1.807, 2.05) is 0 Å². The van der Waals surface area contributed by atoms with Crippen molar-refractivity contribution in [2.75, 3.05) is 4.31 Å². The molecular weight excluding hydrogens is 474 g/mol. The quantitative estimate of drug-likeness (QED) is 0.396. The molecule has 0 aliphatic carbocycles. The number of ether oxygens (including phenoxy) is 1. The molecule has 8 nitrogen and oxygen atoms in total. The number of anilines is 2. The van der Waals surface area contributed by atoms with E-state index in [0.29, 0.717) is 16.4 Å². The summed E-state index contributed by atoms with van der Waals surface area (Å²) in [4.78, 5) is -1.05. The molecule has 4 aromatic rings. The van der Waals surface area contributed by atoms with Crippen molar-refractivity contribution in [1.82, 2.24) is 20.4 Å². The van der Waals surface area contributed by atoms with Gasteiger partial charge >= 0.3 is 6.18 Å². The van der Waals surface area contributed by atoms with Crippen LogP contribution in [0.5, 0.6) is 11.5 Å². The van der Waals surface area contributed by atoms with E-state index in [9.17, 15) is 21.6 Å². The zero-order valence-corrected chi connectivity index (χ0v) is 17.2. The van der Waals surface area contributed by atoms with Crippen molar-refractivity contribution in [2.45, 2.75) is 11.1 Å². The van der Waals surface area contributed by atoms with Gasteiger partial charge in [-0.1, -0.05) is 29.5 Å². The molecule has 0 fully saturated rings. The van der Waals surface area contributed by atoms with Crippen LogP contribution in [0.1, 0.15) is 5.56 Å². The maximum Gasteiger partial charge on any atom is 0.420 e. The van der Waals surface area contributed by atoms with Crippen LogP contribution in [0.3, 0.4) is 0 Å². The first-order valence-electron chi connectivity index (χ1n) is 8.63. The van der Waals surface area contributed by atoms with Crippen molar-refractivity contribution < 1.29 is 30.7 Å². The molecule has 0 atom stereocenters. The third-order valence-corrected chi connectivity index (χ3v) is 6.59. The van der Waals surface area contributed by atoms with Crippen LogP contribution in [0.2, 0.25) is 0 Å². The van der Waals surface area contributed by atoms with Gasteiger partial charge in [0.2, 0.25) is 5.13 Å². The van der Waals surface area contributed by atoms with Gasteiger partial charge in [0, 0.05) is 6.07 Å². The smallest absolute Gasteiger partial charge is 0.420 e. The second kappa shape index (κ2) is 8.20. The van der Waals surface area contributed by atoms with E-state index in [1.165, 1.54) is 42.0 Å². The summed E-state index contributed by atoms with van der Waals surface area (Å²) >= 11 is 0.814. The summed E-state index contributed by atoms with van der Waals surface area (Å²) in [7, 11) is -4.81. The van der Waals surface area contributed by atoms with Crippen LogP contribution in [0, 0.1) is 5.82 Å². The Morgan fingerprint density at radius 1 is 1.06 bits per heavy atom. The molecule has 0 radical (unpaired) electrons. The lowest BCUT2D eigenvalue weighted by molar-refractivity contribution is -0.138. The van der Waals surface area contributed by atoms with Gasteiger partial charge in [0.1, 0.15) is 27.5 Å². The second-order valence-electron chi connectivity index (χ2n) is 6.10. The molecule has 0 saturated carbocycles. The molecule has 2 aromatic carbocycles. The summed E-state index contributed by atoms with van der Waals surface area (Å²) in [5.41, 5.74) is -0.233. The maximum absolute atomic E-state index is 15.4. The van der Waals surface area contributed by atoms with E-state index in [-0.39, 0.29) is 16.7 Å². The third-order valence-electron chi connectivity index (χ3n) is 4.08. The van der Waals surface area contributed by atoms with Crippen molar-refractivity contribution in [1.29, 1.82) is 0 Å². The van der Waals surface area contributed by atoms with E-state index in [4.69, 9.17) is 4.74 Å². The van der Waals surface area contributed by atoms with Gasteiger partial charge in [-0.2, -0.15) is 22.6 Å². The number of alkyl halides is 3. The fourth-order valence-corrected chi connectivity index (χ4v) is 4.98. The van der Waals surface area contributed by atoms with E-state index in [0.717, 1.165) is 11.3 Å². The Morgan fingerprint density at radius 2 is 1.81 bits per heavy atom. The lowest BCUT2D eigenvalue weighted by atomic mass is 10.2. The molecule has 2 heterocycles. The first-order chi connectivity index (χ1) is 15.2. The van der Waals surface area contributed by atoms with E-state index < -0.39 is 38.2 Å². The van der Waals surface area contributed by atoms with E-state index in [2.05, 4.69) is 20.4 Å². The average molecular weight is 485 g/mol. The molecule has 0 aliphatic rings. The SMILES string of the molecule is O=S(=O)(c1ccc(C(F)(F)F)c(Oc2ccccc2)c1F)N(c1ccn[nH]1)c1nncs1. The van der Waals surface area contributed by atoms with Crippen molar-refractivity contribution >= 4 is 32.3 Å². The zero-order valence-electron chi connectivity index (χ0n) is 15.6. The summed E-state index contributed by atoms with van der Waals surface area (Å²) in [5, 5.41) is 13.1. The molecule has 14 heteroatoms. The predicted molar refractivity (Wildman–Crippen MR) is 106 cm³/mol. The highest BCUT2D eigenvalue weighted by atomic mass is 32.2. The maximum atomic E-state index is 15.4. The highest BCUT2D eigenvalue weighted by Gasteiger charge is 2.40. The number of sulfonamides is 1. The van der Waals surface area contributed by atoms with Crippen LogP contribution >= 0.6 is 11.3 Å². The molecule has 0 spiro atoms. The van der Waals surface area contributed by atoms with Crippen molar-refractivity contribution in [2.24, 2.45) is 0 Å². The van der Waals surface area contributed by atoms with Gasteiger partial charge in [-0.3, -0.25) is 5.10 Å². The molecule has 4 rings (SSSR count). The molecule has 32 heavy (non-hydrogen) atoms. The van der Waals surface area contributed by atoms with Crippen LogP contribution < -0.4 is 9.04 Å². The molecule has 0 unspecified atom stereocenters. The Bertz CT molecular complexity index is 1280. The largest absolute Gasteiger partial charge is 0.454 e. The molecule has 0 saturated heterocycles. The summed E-state index contributed by atoms with van der Waals surface area (Å²) in [6.07, 6.45) is -3.76. The minimum Gasteiger partial charge on any atom is -0.454 e. The van der Waals surface area contributed by atoms with Crippen molar-refractivity contribution in [3.8, 4) is 11.5 Å². The van der Waals surface area contributed by atoms with Gasteiger partial charge in [-0.15, -0.1) is 10.2 Å². The molecule has 0 aliphatic heterocycles. The first kappa shape index (κ1) is 21.7. The van der Waals surface area contributed by atoms with E-state index in [1.54, 1.807) is 6.07 Å². The molecule has 0 bridgehead atoms. The van der Waals surface area contributed by atoms with Crippen molar-refractivity contribution in [3.63, 3.8) is 0 Å². The Balaban J connectivity index is 1.90. The Morgan fingerprint density at radius 3 is 2.41 bits per heavy atom. The predicted octanol–water partition coefficient (Wildman–Crippen LogP) is 4.74. The van der Waals surface area contributed by atoms with Gasteiger partial charge in [0.25, 0.3) is 10.0 Å². The van der Waals surface area contributed by atoms with E-state index >= 15 is 4.39 Å². The Kier molecular flexibility index (Phi) is 5.56. The number of aromatic nitrogens is 4. The van der Waals surface area contributed by atoms with Crippen LogP contribution in [-0.2, 0) is 16.2 Å². The topological polar surface area (TPSA) is 101 Å². The number of H-pyrrole nitrogens is 1. The molecule has 0 amide bonds. The number of aromatic amines is 1. The van der Waals surface area contributed by atoms with Gasteiger partial charge in [0.15, 0.2) is 11.6 Å². The van der Waals surface area contributed by atoms with Crippen LogP contribution in [-0.4, -0.2) is 28.8 Å². The molecular formula is C18H11F4N5O3S2. The summed E-state index contributed by atoms with van der Waals surface area (Å²) in [5.74, 6) is -3.21. The standard InChI is InChI=1S/C18H11F4N5O3S2/c19-15-13(32(28,29)27(14-8-9-23-25-14)17-26-24-10-31-17)7-6-12(18(20,21)22)16(15)30-11-4-2-1-3-5-11/h1-10H,(H,23,25). The Hall–Kier alpha value is -3.52. The van der Waals surface area contributed by atoms with Gasteiger partial charge in [-0.05, 0) is 24.3 Å². The third kappa shape index (κ3) is 4.01. The highest BCUT2D eigenvalue weighted by Crippen LogP contribution is 2.43. The Labute approximate surface area is 182 Å². The lowest BCUT2D eigenvalue weighted by Crippen LogP contribution is -2.28. The van der Waals surface area contributed by atoms with Gasteiger partial charge in [0.05, 0.1) is 6.20 Å². The van der Waals surface area contributed by atoms with Crippen LogP contribution in [0.4, 0.5) is 28.5 Å². The minimum absolute atomic E-state index is 0.110. The first-order valence-corrected chi connectivity index (χ1v) is 10.9. The number of hydrogen-bond acceptors (Lipinski definition) is 7. The normalized spacial score (nSPS) is 12.0. The highest BCUT2D eigenvalue weighted by molar-refractivity contribution is 7.93. The zero-order chi connectivity index (χ0) is 22.9. The number of hydrogen-bond donors (Lipinski definition) is 1. The fraction of sp³-hybridized carbons (Fsp3) is 0.0556. The number of benzene rings is 2. The molecule has 166 valence electrons. The summed E-state index contributed by atoms with van der Waals surface area (Å²) < 4.78 is 88.4. The van der Waals surface area contributed by atoms with Gasteiger partial charge in [-0.25, -0.2) is 12.8 Å². The number of para-hydroxylation sites is 1. The summed E-state index contributed by atoms with van der Waals surface area (Å²) in [6.45, 7) is 0. The number of nitrogens with zero attached hydrogens (tertiary/aromatic N) is 4. The average Bonchev–Trinajstić information content (AvgIpc) is 3.44. The molecule has 1 N–H and O–H groups in total. The lowest BCUT2D eigenvalue weighted by Gasteiger charge is -2.21. The fourth-order valence-electron chi connectivity index (χ4n) is 2.72. The van der Waals surface area contributed by atoms with Crippen LogP contribution in [0.25, 0.3) is 0 Å². The van der Waals surface area contributed by atoms with Crippen LogP contribution in [0.15, 0.2) is 65.1 Å². The van der Waals surface area contributed by atoms with Crippen molar-refractivity contribution in [3.05, 3.63) is 71.6 Å². The minimum atomic E-state index is -5.00. The van der Waals surface area contributed by atoms with Gasteiger partial charge < -0.3 is 4.74 Å². The number of nitrogens with one attached hydrogen (secondary N) is 1. The summed E-state index contributed by atoms with van der Waals surface area (Å²) in [6, 6.07) is 9.36. The number of halogens is 4. The number of rotatable bonds is 6. The monoisotopic (exact) mass is 485 g/mol. The second-order valence-corrected chi connectivity index (χ2v) is 8.67. The molecule has 2 aromatic heterocycles.